The topological polar surface area (TPSA) is 26.3 Å². The van der Waals surface area contributed by atoms with Crippen LogP contribution in [0.5, 0.6) is 5.75 Å². The summed E-state index contributed by atoms with van der Waals surface area (Å²) < 4.78 is 34.2. The lowest BCUT2D eigenvalue weighted by Crippen LogP contribution is -2.22. The van der Waals surface area contributed by atoms with Crippen molar-refractivity contribution in [2.24, 2.45) is 5.92 Å². The molecule has 0 bridgehead atoms. The molecule has 3 rings (SSSR count). The minimum atomic E-state index is -3.38. The second-order valence-corrected chi connectivity index (χ2v) is 8.25. The predicted octanol–water partition coefficient (Wildman–Crippen LogP) is 7.19. The molecule has 2 aromatic carbocycles. The zero-order valence-corrected chi connectivity index (χ0v) is 17.2. The van der Waals surface area contributed by atoms with Crippen molar-refractivity contribution >= 4 is 6.29 Å². The van der Waals surface area contributed by atoms with E-state index < -0.39 is 6.11 Å². The van der Waals surface area contributed by atoms with E-state index in [1.54, 1.807) is 24.3 Å². The van der Waals surface area contributed by atoms with Gasteiger partial charge in [-0.2, -0.15) is 8.78 Å². The molecule has 1 fully saturated rings. The van der Waals surface area contributed by atoms with Gasteiger partial charge >= 0.3 is 6.11 Å². The third-order valence-electron chi connectivity index (χ3n) is 6.10. The predicted molar refractivity (Wildman–Crippen MR) is 111 cm³/mol. The number of alkyl halides is 2. The Morgan fingerprint density at radius 3 is 2.21 bits per heavy atom. The van der Waals surface area contributed by atoms with Crippen LogP contribution in [0.15, 0.2) is 48.5 Å². The van der Waals surface area contributed by atoms with Gasteiger partial charge in [0, 0.05) is 5.92 Å². The average Bonchev–Trinajstić information content (AvgIpc) is 2.74. The van der Waals surface area contributed by atoms with Crippen LogP contribution in [0.2, 0.25) is 0 Å². The van der Waals surface area contributed by atoms with Gasteiger partial charge in [0.05, 0.1) is 5.56 Å². The zero-order valence-electron chi connectivity index (χ0n) is 17.2. The van der Waals surface area contributed by atoms with Crippen LogP contribution in [0.3, 0.4) is 0 Å². The van der Waals surface area contributed by atoms with Crippen LogP contribution < -0.4 is 4.74 Å². The van der Waals surface area contributed by atoms with E-state index in [0.29, 0.717) is 11.8 Å². The van der Waals surface area contributed by atoms with Crippen molar-refractivity contribution in [1.29, 1.82) is 0 Å². The van der Waals surface area contributed by atoms with Crippen LogP contribution in [0, 0.1) is 5.92 Å². The number of rotatable bonds is 8. The smallest absolute Gasteiger partial charge is 0.426 e. The SMILES string of the molecule is CCCC(C)c1ccc(C(F)(F)Oc2ccc(C3CCC(C=O)CC3)cc2)cc1. The number of carbonyl (C=O) groups excluding carboxylic acids is 1. The zero-order chi connectivity index (χ0) is 20.9. The maximum absolute atomic E-state index is 14.6. The van der Waals surface area contributed by atoms with Crippen molar-refractivity contribution in [3.8, 4) is 5.75 Å². The highest BCUT2D eigenvalue weighted by molar-refractivity contribution is 5.53. The van der Waals surface area contributed by atoms with E-state index >= 15 is 0 Å². The first-order chi connectivity index (χ1) is 13.9. The lowest BCUT2D eigenvalue weighted by atomic mass is 9.79. The Hall–Kier alpha value is -2.23. The number of carbonyl (C=O) groups is 1. The van der Waals surface area contributed by atoms with Gasteiger partial charge < -0.3 is 9.53 Å². The van der Waals surface area contributed by atoms with Crippen LogP contribution in [0.4, 0.5) is 8.78 Å². The standard InChI is InChI=1S/C25H30F2O2/c1-3-4-18(2)20-9-13-23(14-10-20)25(26,27)29-24-15-11-22(12-16-24)21-7-5-19(17-28)6-8-21/h9-19,21H,3-8H2,1-2H3. The Balaban J connectivity index is 1.63. The molecule has 0 radical (unpaired) electrons. The second-order valence-electron chi connectivity index (χ2n) is 8.25. The molecule has 2 nitrogen and oxygen atoms in total. The number of hydrogen-bond donors (Lipinski definition) is 0. The molecule has 0 spiro atoms. The molecule has 1 aliphatic carbocycles. The van der Waals surface area contributed by atoms with E-state index in [2.05, 4.69) is 13.8 Å². The summed E-state index contributed by atoms with van der Waals surface area (Å²) in [5.74, 6) is 1.07. The highest BCUT2D eigenvalue weighted by atomic mass is 19.3. The monoisotopic (exact) mass is 400 g/mol. The minimum absolute atomic E-state index is 0.138. The van der Waals surface area contributed by atoms with Gasteiger partial charge in [0.1, 0.15) is 12.0 Å². The molecule has 1 saturated carbocycles. The molecule has 156 valence electrons. The molecule has 0 aromatic heterocycles. The molecule has 29 heavy (non-hydrogen) atoms. The van der Waals surface area contributed by atoms with Crippen LogP contribution in [-0.4, -0.2) is 6.29 Å². The first kappa shape index (κ1) is 21.5. The summed E-state index contributed by atoms with van der Waals surface area (Å²) in [5.41, 5.74) is 2.06. The molecule has 2 aromatic rings. The summed E-state index contributed by atoms with van der Waals surface area (Å²) in [7, 11) is 0. The summed E-state index contributed by atoms with van der Waals surface area (Å²) in [6.07, 6.45) is 3.49. The molecule has 0 amide bonds. The van der Waals surface area contributed by atoms with E-state index in [1.165, 1.54) is 12.1 Å². The van der Waals surface area contributed by atoms with Gasteiger partial charge in [-0.25, -0.2) is 0 Å². The molecular formula is C25H30F2O2. The number of halogens is 2. The van der Waals surface area contributed by atoms with Crippen molar-refractivity contribution in [1.82, 2.24) is 0 Å². The summed E-state index contributed by atoms with van der Waals surface area (Å²) in [5, 5.41) is 0. The van der Waals surface area contributed by atoms with Crippen LogP contribution >= 0.6 is 0 Å². The number of ether oxygens (including phenoxy) is 1. The molecule has 0 heterocycles. The van der Waals surface area contributed by atoms with Crippen LogP contribution in [0.25, 0.3) is 0 Å². The fraction of sp³-hybridized carbons (Fsp3) is 0.480. The Kier molecular flexibility index (Phi) is 7.05. The van der Waals surface area contributed by atoms with E-state index in [4.69, 9.17) is 4.74 Å². The lowest BCUT2D eigenvalue weighted by Gasteiger charge is -2.26. The summed E-state index contributed by atoms with van der Waals surface area (Å²) in [4.78, 5) is 10.9. The van der Waals surface area contributed by atoms with Gasteiger partial charge in [-0.1, -0.05) is 44.5 Å². The first-order valence-corrected chi connectivity index (χ1v) is 10.7. The van der Waals surface area contributed by atoms with Gasteiger partial charge in [0.25, 0.3) is 0 Å². The van der Waals surface area contributed by atoms with Gasteiger partial charge in [-0.05, 0) is 79.3 Å². The summed E-state index contributed by atoms with van der Waals surface area (Å²) in [6, 6.07) is 13.4. The van der Waals surface area contributed by atoms with Crippen molar-refractivity contribution in [3.63, 3.8) is 0 Å². The maximum Gasteiger partial charge on any atom is 0.426 e. The Morgan fingerprint density at radius 1 is 1.03 bits per heavy atom. The Bertz CT molecular complexity index is 775. The first-order valence-electron chi connectivity index (χ1n) is 10.7. The minimum Gasteiger partial charge on any atom is -0.429 e. The summed E-state index contributed by atoms with van der Waals surface area (Å²) >= 11 is 0. The van der Waals surface area contributed by atoms with E-state index in [1.807, 2.05) is 12.1 Å². The molecule has 0 aliphatic heterocycles. The van der Waals surface area contributed by atoms with Crippen molar-refractivity contribution in [3.05, 3.63) is 65.2 Å². The van der Waals surface area contributed by atoms with E-state index in [9.17, 15) is 13.6 Å². The highest BCUT2D eigenvalue weighted by Gasteiger charge is 2.34. The van der Waals surface area contributed by atoms with Crippen molar-refractivity contribution < 1.29 is 18.3 Å². The molecule has 1 unspecified atom stereocenters. The van der Waals surface area contributed by atoms with Crippen LogP contribution in [0.1, 0.15) is 80.9 Å². The Morgan fingerprint density at radius 2 is 1.66 bits per heavy atom. The number of hydrogen-bond acceptors (Lipinski definition) is 2. The lowest BCUT2D eigenvalue weighted by molar-refractivity contribution is -0.185. The van der Waals surface area contributed by atoms with Crippen molar-refractivity contribution in [2.75, 3.05) is 0 Å². The molecule has 4 heteroatoms. The highest BCUT2D eigenvalue weighted by Crippen LogP contribution is 2.37. The largest absolute Gasteiger partial charge is 0.429 e. The molecule has 0 saturated heterocycles. The quantitative estimate of drug-likeness (QED) is 0.438. The third kappa shape index (κ3) is 5.43. The van der Waals surface area contributed by atoms with Gasteiger partial charge in [-0.15, -0.1) is 0 Å². The second kappa shape index (κ2) is 9.51. The number of aldehydes is 1. The fourth-order valence-corrected chi connectivity index (χ4v) is 4.21. The molecule has 1 aliphatic rings. The fourth-order valence-electron chi connectivity index (χ4n) is 4.21. The van der Waals surface area contributed by atoms with Gasteiger partial charge in [-0.3, -0.25) is 0 Å². The molecule has 0 N–H and O–H groups in total. The van der Waals surface area contributed by atoms with Gasteiger partial charge in [0.15, 0.2) is 0 Å². The molecular weight excluding hydrogens is 370 g/mol. The molecule has 1 atom stereocenters. The average molecular weight is 401 g/mol. The van der Waals surface area contributed by atoms with Crippen LogP contribution in [-0.2, 0) is 10.9 Å². The third-order valence-corrected chi connectivity index (χ3v) is 6.10. The van der Waals surface area contributed by atoms with E-state index in [0.717, 1.165) is 55.9 Å². The maximum atomic E-state index is 14.6. The van der Waals surface area contributed by atoms with E-state index in [-0.39, 0.29) is 17.2 Å². The summed E-state index contributed by atoms with van der Waals surface area (Å²) in [6.45, 7) is 4.23. The normalized spacial score (nSPS) is 20.8. The van der Waals surface area contributed by atoms with Crippen molar-refractivity contribution in [2.45, 2.75) is 70.3 Å². The Labute approximate surface area is 172 Å². The van der Waals surface area contributed by atoms with Gasteiger partial charge in [0.2, 0.25) is 0 Å². The number of benzene rings is 2.